The molecule has 5 nitrogen and oxygen atoms in total. The number of carbonyl (C=O) groups is 1. The summed E-state index contributed by atoms with van der Waals surface area (Å²) in [6, 6.07) is 20.5. The Morgan fingerprint density at radius 2 is 1.69 bits per heavy atom. The first-order chi connectivity index (χ1) is 14.2. The molecule has 1 unspecified atom stereocenters. The lowest BCUT2D eigenvalue weighted by atomic mass is 9.91. The first-order valence-electron chi connectivity index (χ1n) is 10.4. The van der Waals surface area contributed by atoms with Crippen molar-refractivity contribution >= 4 is 5.91 Å². The second-order valence-corrected chi connectivity index (χ2v) is 7.97. The Morgan fingerprint density at radius 1 is 1.03 bits per heavy atom. The van der Waals surface area contributed by atoms with Gasteiger partial charge in [0.25, 0.3) is 0 Å². The van der Waals surface area contributed by atoms with E-state index in [1.54, 1.807) is 0 Å². The predicted octanol–water partition coefficient (Wildman–Crippen LogP) is 3.91. The van der Waals surface area contributed by atoms with Crippen molar-refractivity contribution in [3.63, 3.8) is 0 Å². The van der Waals surface area contributed by atoms with Crippen LogP contribution >= 0.6 is 0 Å². The van der Waals surface area contributed by atoms with Crippen LogP contribution < -0.4 is 0 Å². The number of carbonyl (C=O) groups excluding carboxylic acids is 1. The zero-order valence-corrected chi connectivity index (χ0v) is 16.9. The summed E-state index contributed by atoms with van der Waals surface area (Å²) >= 11 is 0. The molecule has 0 bridgehead atoms. The van der Waals surface area contributed by atoms with E-state index in [-0.39, 0.29) is 11.8 Å². The molecule has 0 aliphatic carbocycles. The molecule has 2 heterocycles. The summed E-state index contributed by atoms with van der Waals surface area (Å²) < 4.78 is 2.14. The maximum atomic E-state index is 12.9. The molecule has 0 spiro atoms. The van der Waals surface area contributed by atoms with Gasteiger partial charge in [-0.25, -0.2) is 0 Å². The van der Waals surface area contributed by atoms with Crippen molar-refractivity contribution in [2.45, 2.75) is 38.6 Å². The second-order valence-electron chi connectivity index (χ2n) is 7.97. The number of amides is 1. The van der Waals surface area contributed by atoms with Crippen molar-refractivity contribution in [1.29, 1.82) is 0 Å². The van der Waals surface area contributed by atoms with Gasteiger partial charge in [0.05, 0.1) is 12.5 Å². The Bertz CT molecular complexity index is 914. The van der Waals surface area contributed by atoms with Crippen LogP contribution in [-0.2, 0) is 17.8 Å². The van der Waals surface area contributed by atoms with Gasteiger partial charge in [-0.3, -0.25) is 4.79 Å². The van der Waals surface area contributed by atoms with Gasteiger partial charge >= 0.3 is 0 Å². The Balaban J connectivity index is 1.32. The number of aromatic nitrogens is 3. The molecule has 0 radical (unpaired) electrons. The fraction of sp³-hybridized carbons (Fsp3) is 0.375. The first-order valence-corrected chi connectivity index (χ1v) is 10.4. The topological polar surface area (TPSA) is 51.0 Å². The normalized spacial score (nSPS) is 16.0. The molecule has 2 aromatic carbocycles. The standard InChI is InChI=1S/C24H28N4O/c1-19(22-10-6-3-7-11-22)24(29)27-14-12-20(13-15-27)16-23-26-25-18-28(23)17-21-8-4-2-5-9-21/h2-11,18-20H,12-17H2,1H3. The van der Waals surface area contributed by atoms with Gasteiger partial charge in [-0.2, -0.15) is 0 Å². The summed E-state index contributed by atoms with van der Waals surface area (Å²) in [5.74, 6) is 1.74. The van der Waals surface area contributed by atoms with Gasteiger partial charge in [0.1, 0.15) is 12.2 Å². The van der Waals surface area contributed by atoms with E-state index < -0.39 is 0 Å². The predicted molar refractivity (Wildman–Crippen MR) is 113 cm³/mol. The van der Waals surface area contributed by atoms with Crippen molar-refractivity contribution in [1.82, 2.24) is 19.7 Å². The summed E-state index contributed by atoms with van der Waals surface area (Å²) in [4.78, 5) is 14.9. The van der Waals surface area contributed by atoms with Crippen LogP contribution in [0.2, 0.25) is 0 Å². The van der Waals surface area contributed by atoms with E-state index >= 15 is 0 Å². The average Bonchev–Trinajstić information content (AvgIpc) is 3.21. The monoisotopic (exact) mass is 388 g/mol. The molecule has 1 amide bonds. The Labute approximate surface area is 172 Å². The highest BCUT2D eigenvalue weighted by molar-refractivity contribution is 5.83. The molecule has 0 N–H and O–H groups in total. The van der Waals surface area contributed by atoms with Gasteiger partial charge in [0.2, 0.25) is 5.91 Å². The van der Waals surface area contributed by atoms with Crippen LogP contribution in [0, 0.1) is 5.92 Å². The number of nitrogens with zero attached hydrogens (tertiary/aromatic N) is 4. The summed E-state index contributed by atoms with van der Waals surface area (Å²) in [5.41, 5.74) is 2.34. The third-order valence-corrected chi connectivity index (χ3v) is 5.96. The quantitative estimate of drug-likeness (QED) is 0.643. The summed E-state index contributed by atoms with van der Waals surface area (Å²) in [5, 5.41) is 8.49. The second kappa shape index (κ2) is 9.03. The highest BCUT2D eigenvalue weighted by atomic mass is 16.2. The minimum atomic E-state index is -0.0817. The summed E-state index contributed by atoms with van der Waals surface area (Å²) in [7, 11) is 0. The zero-order chi connectivity index (χ0) is 20.1. The van der Waals surface area contributed by atoms with Crippen LogP contribution in [0.4, 0.5) is 0 Å². The third kappa shape index (κ3) is 4.73. The Morgan fingerprint density at radius 3 is 2.38 bits per heavy atom. The minimum Gasteiger partial charge on any atom is -0.342 e. The van der Waals surface area contributed by atoms with Crippen LogP contribution in [0.5, 0.6) is 0 Å². The largest absolute Gasteiger partial charge is 0.342 e. The molecule has 1 aliphatic heterocycles. The fourth-order valence-electron chi connectivity index (χ4n) is 4.12. The van der Waals surface area contributed by atoms with Gasteiger partial charge < -0.3 is 9.47 Å². The molecular formula is C24H28N4O. The van der Waals surface area contributed by atoms with E-state index in [0.29, 0.717) is 5.92 Å². The zero-order valence-electron chi connectivity index (χ0n) is 16.9. The molecular weight excluding hydrogens is 360 g/mol. The number of rotatable bonds is 6. The fourth-order valence-corrected chi connectivity index (χ4v) is 4.12. The first kappa shape index (κ1) is 19.4. The Kier molecular flexibility index (Phi) is 6.03. The van der Waals surface area contributed by atoms with E-state index in [9.17, 15) is 4.79 Å². The van der Waals surface area contributed by atoms with Crippen LogP contribution in [-0.4, -0.2) is 38.7 Å². The highest BCUT2D eigenvalue weighted by Crippen LogP contribution is 2.25. The number of hydrogen-bond acceptors (Lipinski definition) is 3. The van der Waals surface area contributed by atoms with Crippen LogP contribution in [0.1, 0.15) is 42.6 Å². The molecule has 1 aliphatic rings. The SMILES string of the molecule is CC(C(=O)N1CCC(Cc2nncn2Cc2ccccc2)CC1)c1ccccc1. The van der Waals surface area contributed by atoms with E-state index in [0.717, 1.165) is 50.3 Å². The van der Waals surface area contributed by atoms with E-state index in [1.165, 1.54) is 5.56 Å². The molecule has 1 fully saturated rings. The van der Waals surface area contributed by atoms with E-state index in [2.05, 4.69) is 39.0 Å². The number of piperidine rings is 1. The summed E-state index contributed by atoms with van der Waals surface area (Å²) in [6.45, 7) is 4.46. The van der Waals surface area contributed by atoms with Gasteiger partial charge in [0, 0.05) is 19.5 Å². The molecule has 1 atom stereocenters. The van der Waals surface area contributed by atoms with Gasteiger partial charge in [0.15, 0.2) is 0 Å². The number of hydrogen-bond donors (Lipinski definition) is 0. The molecule has 0 saturated carbocycles. The lowest BCUT2D eigenvalue weighted by Crippen LogP contribution is -2.41. The molecule has 1 aromatic heterocycles. The van der Waals surface area contributed by atoms with Crippen LogP contribution in [0.3, 0.4) is 0 Å². The van der Waals surface area contributed by atoms with Gasteiger partial charge in [-0.15, -0.1) is 10.2 Å². The highest BCUT2D eigenvalue weighted by Gasteiger charge is 2.27. The van der Waals surface area contributed by atoms with Crippen molar-refractivity contribution in [3.05, 3.63) is 83.9 Å². The maximum Gasteiger partial charge on any atom is 0.229 e. The smallest absolute Gasteiger partial charge is 0.229 e. The molecule has 3 aromatic rings. The minimum absolute atomic E-state index is 0.0817. The number of likely N-dealkylation sites (tertiary alicyclic amines) is 1. The summed E-state index contributed by atoms with van der Waals surface area (Å²) in [6.07, 6.45) is 4.78. The third-order valence-electron chi connectivity index (χ3n) is 5.96. The van der Waals surface area contributed by atoms with Crippen LogP contribution in [0.25, 0.3) is 0 Å². The van der Waals surface area contributed by atoms with Gasteiger partial charge in [-0.05, 0) is 36.8 Å². The molecule has 1 saturated heterocycles. The lowest BCUT2D eigenvalue weighted by molar-refractivity contribution is -0.133. The molecule has 4 rings (SSSR count). The van der Waals surface area contributed by atoms with Crippen molar-refractivity contribution in [2.24, 2.45) is 5.92 Å². The van der Waals surface area contributed by atoms with E-state index in [4.69, 9.17) is 0 Å². The van der Waals surface area contributed by atoms with Crippen molar-refractivity contribution < 1.29 is 4.79 Å². The lowest BCUT2D eigenvalue weighted by Gasteiger charge is -2.33. The van der Waals surface area contributed by atoms with Crippen molar-refractivity contribution in [3.8, 4) is 0 Å². The van der Waals surface area contributed by atoms with Gasteiger partial charge in [-0.1, -0.05) is 60.7 Å². The molecule has 29 heavy (non-hydrogen) atoms. The maximum absolute atomic E-state index is 12.9. The molecule has 5 heteroatoms. The van der Waals surface area contributed by atoms with E-state index in [1.807, 2.05) is 54.5 Å². The average molecular weight is 389 g/mol. The van der Waals surface area contributed by atoms with Crippen LogP contribution in [0.15, 0.2) is 67.0 Å². The van der Waals surface area contributed by atoms with Crippen molar-refractivity contribution in [2.75, 3.05) is 13.1 Å². The molecule has 150 valence electrons. The Hall–Kier alpha value is -2.95. The number of benzene rings is 2.